The first-order valence-corrected chi connectivity index (χ1v) is 7.68. The van der Waals surface area contributed by atoms with Gasteiger partial charge in [0.25, 0.3) is 0 Å². The van der Waals surface area contributed by atoms with Crippen LogP contribution in [0.1, 0.15) is 11.1 Å². The maximum Gasteiger partial charge on any atom is 0.243 e. The number of nitrogens with zero attached hydrogens (tertiary/aromatic N) is 1. The summed E-state index contributed by atoms with van der Waals surface area (Å²) in [4.78, 5) is 3.69. The second kappa shape index (κ2) is 6.32. The van der Waals surface area contributed by atoms with Gasteiger partial charge in [-0.15, -0.1) is 0 Å². The monoisotopic (exact) mass is 312 g/mol. The predicted octanol–water partition coefficient (Wildman–Crippen LogP) is 1.71. The first-order chi connectivity index (χ1) is 9.53. The topological polar surface area (TPSA) is 79.3 Å². The highest BCUT2D eigenvalue weighted by molar-refractivity contribution is 7.89. The van der Waals surface area contributed by atoms with Gasteiger partial charge in [0.15, 0.2) is 0 Å². The van der Waals surface area contributed by atoms with E-state index in [1.807, 2.05) is 0 Å². The van der Waals surface area contributed by atoms with Crippen LogP contribution in [0.5, 0.6) is 0 Å². The van der Waals surface area contributed by atoms with Crippen LogP contribution in [0.2, 0.25) is 5.15 Å². The van der Waals surface area contributed by atoms with Gasteiger partial charge in [-0.2, -0.15) is 0 Å². The molecule has 0 saturated carbocycles. The summed E-state index contributed by atoms with van der Waals surface area (Å²) in [5.41, 5.74) is 1.47. The minimum atomic E-state index is -3.72. The van der Waals surface area contributed by atoms with Crippen LogP contribution in [0.25, 0.3) is 0 Å². The van der Waals surface area contributed by atoms with E-state index < -0.39 is 10.0 Å². The summed E-state index contributed by atoms with van der Waals surface area (Å²) < 4.78 is 26.6. The molecule has 2 N–H and O–H groups in total. The number of nitrogens with one attached hydrogen (secondary N) is 1. The highest BCUT2D eigenvalue weighted by Crippen LogP contribution is 2.18. The van der Waals surface area contributed by atoms with Gasteiger partial charge in [0, 0.05) is 12.7 Å². The number of hydrogen-bond donors (Lipinski definition) is 2. The van der Waals surface area contributed by atoms with Gasteiger partial charge in [-0.05, 0) is 23.3 Å². The molecular weight excluding hydrogens is 300 g/mol. The lowest BCUT2D eigenvalue weighted by atomic mass is 10.1. The number of aliphatic hydroxyl groups is 1. The molecule has 0 aliphatic carbocycles. The van der Waals surface area contributed by atoms with Gasteiger partial charge in [0.05, 0.1) is 6.61 Å². The number of aromatic nitrogens is 1. The fourth-order valence-corrected chi connectivity index (χ4v) is 3.13. The second-order valence-electron chi connectivity index (χ2n) is 4.09. The van der Waals surface area contributed by atoms with E-state index in [0.29, 0.717) is 0 Å². The van der Waals surface area contributed by atoms with Crippen molar-refractivity contribution in [2.24, 2.45) is 0 Å². The fraction of sp³-hybridized carbons (Fsp3) is 0.154. The Balaban J connectivity index is 2.15. The Kier molecular flexibility index (Phi) is 4.72. The van der Waals surface area contributed by atoms with Crippen molar-refractivity contribution in [2.75, 3.05) is 0 Å². The van der Waals surface area contributed by atoms with Crippen molar-refractivity contribution in [1.82, 2.24) is 9.71 Å². The lowest BCUT2D eigenvalue weighted by Gasteiger charge is -2.08. The molecule has 7 heteroatoms. The third kappa shape index (κ3) is 3.55. The van der Waals surface area contributed by atoms with Gasteiger partial charge in [0.1, 0.15) is 10.0 Å². The largest absolute Gasteiger partial charge is 0.392 e. The van der Waals surface area contributed by atoms with Crippen LogP contribution in [-0.4, -0.2) is 18.5 Å². The Morgan fingerprint density at radius 2 is 1.95 bits per heavy atom. The smallest absolute Gasteiger partial charge is 0.243 e. The molecule has 0 saturated heterocycles. The van der Waals surface area contributed by atoms with Crippen molar-refractivity contribution in [2.45, 2.75) is 18.0 Å². The number of rotatable bonds is 5. The van der Waals surface area contributed by atoms with Crippen LogP contribution in [0.4, 0.5) is 0 Å². The molecule has 2 rings (SSSR count). The average Bonchev–Trinajstić information content (AvgIpc) is 2.46. The lowest BCUT2D eigenvalue weighted by Crippen LogP contribution is -2.23. The molecule has 0 fully saturated rings. The van der Waals surface area contributed by atoms with E-state index >= 15 is 0 Å². The van der Waals surface area contributed by atoms with Crippen molar-refractivity contribution in [3.05, 3.63) is 58.9 Å². The minimum absolute atomic E-state index is 0.0556. The van der Waals surface area contributed by atoms with Gasteiger partial charge < -0.3 is 5.11 Å². The predicted molar refractivity (Wildman–Crippen MR) is 75.6 cm³/mol. The summed E-state index contributed by atoms with van der Waals surface area (Å²) >= 11 is 5.77. The third-order valence-electron chi connectivity index (χ3n) is 2.65. The number of aliphatic hydroxyl groups excluding tert-OH is 1. The Bertz CT molecular complexity index is 704. The zero-order chi connectivity index (χ0) is 14.6. The van der Waals surface area contributed by atoms with E-state index in [4.69, 9.17) is 16.7 Å². The quantitative estimate of drug-likeness (QED) is 0.824. The number of hydrogen-bond acceptors (Lipinski definition) is 4. The molecular formula is C13H13ClN2O3S. The van der Waals surface area contributed by atoms with E-state index in [-0.39, 0.29) is 23.2 Å². The molecule has 1 heterocycles. The number of halogens is 1. The summed E-state index contributed by atoms with van der Waals surface area (Å²) in [6.45, 7) is 0.0242. The zero-order valence-corrected chi connectivity index (χ0v) is 12.0. The Labute approximate surface area is 122 Å². The molecule has 1 aromatic carbocycles. The average molecular weight is 313 g/mol. The summed E-state index contributed by atoms with van der Waals surface area (Å²) in [5.74, 6) is 0. The van der Waals surface area contributed by atoms with Crippen molar-refractivity contribution in [3.8, 4) is 0 Å². The maximum absolute atomic E-state index is 12.1. The standard InChI is InChI=1S/C13H13ClN2O3S/c14-13-12(5-2-6-15-13)20(18,19)16-8-10-3-1-4-11(7-10)9-17/h1-7,16-17H,8-9H2. The van der Waals surface area contributed by atoms with Gasteiger partial charge >= 0.3 is 0 Å². The van der Waals surface area contributed by atoms with Crippen LogP contribution in [0, 0.1) is 0 Å². The Hall–Kier alpha value is -1.47. The van der Waals surface area contributed by atoms with Gasteiger partial charge in [-0.1, -0.05) is 35.9 Å². The molecule has 2 aromatic rings. The summed E-state index contributed by atoms with van der Waals surface area (Å²) in [6.07, 6.45) is 1.42. The molecule has 0 aliphatic heterocycles. The van der Waals surface area contributed by atoms with Gasteiger partial charge in [0.2, 0.25) is 10.0 Å². The van der Waals surface area contributed by atoms with Gasteiger partial charge in [-0.25, -0.2) is 18.1 Å². The molecule has 0 spiro atoms. The van der Waals surface area contributed by atoms with Crippen LogP contribution in [-0.2, 0) is 23.2 Å². The third-order valence-corrected chi connectivity index (χ3v) is 4.50. The number of sulfonamides is 1. The summed E-state index contributed by atoms with van der Waals surface area (Å²) in [5, 5.41) is 8.97. The Morgan fingerprint density at radius 1 is 1.20 bits per heavy atom. The van der Waals surface area contributed by atoms with E-state index in [9.17, 15) is 8.42 Å². The van der Waals surface area contributed by atoms with E-state index in [1.165, 1.54) is 18.3 Å². The maximum atomic E-state index is 12.1. The summed E-state index contributed by atoms with van der Waals surface area (Å²) in [6, 6.07) is 9.91. The first-order valence-electron chi connectivity index (χ1n) is 5.82. The SMILES string of the molecule is O=S(=O)(NCc1cccc(CO)c1)c1cccnc1Cl. The molecule has 0 bridgehead atoms. The lowest BCUT2D eigenvalue weighted by molar-refractivity contribution is 0.281. The van der Waals surface area contributed by atoms with Crippen LogP contribution < -0.4 is 4.72 Å². The van der Waals surface area contributed by atoms with Crippen LogP contribution in [0.3, 0.4) is 0 Å². The molecule has 106 valence electrons. The molecule has 1 aromatic heterocycles. The first kappa shape index (κ1) is 14.9. The minimum Gasteiger partial charge on any atom is -0.392 e. The normalized spacial score (nSPS) is 11.5. The molecule has 5 nitrogen and oxygen atoms in total. The Morgan fingerprint density at radius 3 is 2.65 bits per heavy atom. The number of pyridine rings is 1. The van der Waals surface area contributed by atoms with Gasteiger partial charge in [-0.3, -0.25) is 0 Å². The van der Waals surface area contributed by atoms with E-state index in [0.717, 1.165) is 11.1 Å². The molecule has 0 unspecified atom stereocenters. The molecule has 0 amide bonds. The molecule has 0 aliphatic rings. The highest BCUT2D eigenvalue weighted by Gasteiger charge is 2.17. The summed E-state index contributed by atoms with van der Waals surface area (Å²) in [7, 11) is -3.72. The molecule has 0 radical (unpaired) electrons. The zero-order valence-electron chi connectivity index (χ0n) is 10.5. The number of benzene rings is 1. The van der Waals surface area contributed by atoms with Crippen molar-refractivity contribution in [1.29, 1.82) is 0 Å². The van der Waals surface area contributed by atoms with E-state index in [1.54, 1.807) is 24.3 Å². The highest BCUT2D eigenvalue weighted by atomic mass is 35.5. The van der Waals surface area contributed by atoms with Crippen LogP contribution >= 0.6 is 11.6 Å². The van der Waals surface area contributed by atoms with Crippen molar-refractivity contribution >= 4 is 21.6 Å². The molecule has 20 heavy (non-hydrogen) atoms. The van der Waals surface area contributed by atoms with E-state index in [2.05, 4.69) is 9.71 Å². The second-order valence-corrected chi connectivity index (χ2v) is 6.19. The van der Waals surface area contributed by atoms with Crippen molar-refractivity contribution < 1.29 is 13.5 Å². The fourth-order valence-electron chi connectivity index (χ4n) is 1.67. The van der Waals surface area contributed by atoms with Crippen LogP contribution in [0.15, 0.2) is 47.5 Å². The molecule has 0 atom stereocenters. The van der Waals surface area contributed by atoms with Crippen molar-refractivity contribution in [3.63, 3.8) is 0 Å².